The predicted octanol–water partition coefficient (Wildman–Crippen LogP) is 14.8. The van der Waals surface area contributed by atoms with Gasteiger partial charge in [-0.25, -0.2) is 0 Å². The summed E-state index contributed by atoms with van der Waals surface area (Å²) in [6.45, 7) is 4.81. The van der Waals surface area contributed by atoms with Crippen LogP contribution in [0.5, 0.6) is 0 Å². The summed E-state index contributed by atoms with van der Waals surface area (Å²) in [4.78, 5) is 2.30. The van der Waals surface area contributed by atoms with Crippen molar-refractivity contribution in [2.75, 3.05) is 4.90 Å². The van der Waals surface area contributed by atoms with Crippen LogP contribution in [-0.2, 0) is 5.41 Å². The summed E-state index contributed by atoms with van der Waals surface area (Å²) in [5.41, 5.74) is 16.1. The monoisotopic (exact) mass is 689 g/mol. The molecule has 9 aromatic carbocycles. The van der Waals surface area contributed by atoms with Crippen LogP contribution in [0.2, 0.25) is 0 Å². The average molecular weight is 690 g/mol. The van der Waals surface area contributed by atoms with E-state index in [2.05, 4.69) is 219 Å². The molecule has 0 bridgehead atoms. The van der Waals surface area contributed by atoms with Crippen LogP contribution in [0.1, 0.15) is 25.0 Å². The molecule has 9 aromatic rings. The Bertz CT molecular complexity index is 2770. The van der Waals surface area contributed by atoms with Gasteiger partial charge >= 0.3 is 0 Å². The van der Waals surface area contributed by atoms with E-state index in [-0.39, 0.29) is 5.41 Å². The minimum Gasteiger partial charge on any atom is -0.311 e. The third kappa shape index (κ3) is 5.16. The van der Waals surface area contributed by atoms with Gasteiger partial charge in [0.05, 0.1) is 0 Å². The van der Waals surface area contributed by atoms with E-state index in [4.69, 9.17) is 0 Å². The third-order valence-electron chi connectivity index (χ3n) is 11.4. The van der Waals surface area contributed by atoms with Crippen LogP contribution in [-0.4, -0.2) is 0 Å². The Morgan fingerprint density at radius 1 is 0.352 bits per heavy atom. The summed E-state index contributed by atoms with van der Waals surface area (Å²) < 4.78 is 0. The lowest BCUT2D eigenvalue weighted by atomic mass is 9.65. The zero-order valence-corrected chi connectivity index (χ0v) is 30.5. The molecule has 0 N–H and O–H groups in total. The maximum Gasteiger partial charge on any atom is 0.0462 e. The molecule has 0 heterocycles. The van der Waals surface area contributed by atoms with E-state index in [0.29, 0.717) is 0 Å². The number of nitrogens with zero attached hydrogens (tertiary/aromatic N) is 1. The normalized spacial score (nSPS) is 12.8. The van der Waals surface area contributed by atoms with Crippen molar-refractivity contribution in [3.05, 3.63) is 211 Å². The number of rotatable bonds is 6. The van der Waals surface area contributed by atoms with Crippen LogP contribution in [0.4, 0.5) is 17.1 Å². The first-order valence-corrected chi connectivity index (χ1v) is 18.9. The first-order valence-electron chi connectivity index (χ1n) is 18.9. The van der Waals surface area contributed by atoms with E-state index in [9.17, 15) is 0 Å². The summed E-state index contributed by atoms with van der Waals surface area (Å²) >= 11 is 0. The molecule has 10 rings (SSSR count). The van der Waals surface area contributed by atoms with Gasteiger partial charge in [0.25, 0.3) is 0 Å². The molecule has 54 heavy (non-hydrogen) atoms. The molecule has 0 saturated heterocycles. The summed E-state index contributed by atoms with van der Waals surface area (Å²) in [6.07, 6.45) is 0. The van der Waals surface area contributed by atoms with E-state index < -0.39 is 0 Å². The zero-order valence-electron chi connectivity index (χ0n) is 30.5. The molecule has 0 amide bonds. The van der Waals surface area contributed by atoms with E-state index >= 15 is 0 Å². The van der Waals surface area contributed by atoms with Gasteiger partial charge in [0.1, 0.15) is 0 Å². The van der Waals surface area contributed by atoms with Crippen molar-refractivity contribution in [2.24, 2.45) is 0 Å². The van der Waals surface area contributed by atoms with Crippen LogP contribution in [0.15, 0.2) is 200 Å². The number of hydrogen-bond donors (Lipinski definition) is 0. The van der Waals surface area contributed by atoms with Gasteiger partial charge in [-0.15, -0.1) is 0 Å². The lowest BCUT2D eigenvalue weighted by Gasteiger charge is -2.38. The molecule has 0 unspecified atom stereocenters. The van der Waals surface area contributed by atoms with Gasteiger partial charge in [0.15, 0.2) is 0 Å². The molecule has 0 aliphatic heterocycles. The molecule has 256 valence electrons. The average Bonchev–Trinajstić information content (AvgIpc) is 3.23. The molecule has 1 aliphatic carbocycles. The molecule has 0 atom stereocenters. The van der Waals surface area contributed by atoms with Crippen molar-refractivity contribution < 1.29 is 0 Å². The van der Waals surface area contributed by atoms with Crippen molar-refractivity contribution in [3.63, 3.8) is 0 Å². The second kappa shape index (κ2) is 12.8. The second-order valence-electron chi connectivity index (χ2n) is 14.9. The lowest BCUT2D eigenvalue weighted by molar-refractivity contribution is 0.647. The van der Waals surface area contributed by atoms with Crippen molar-refractivity contribution in [1.29, 1.82) is 0 Å². The molecular formula is C53H39N. The Morgan fingerprint density at radius 2 is 0.870 bits per heavy atom. The minimum atomic E-state index is -0.201. The third-order valence-corrected chi connectivity index (χ3v) is 11.4. The number of benzene rings is 9. The fourth-order valence-electron chi connectivity index (χ4n) is 8.92. The first kappa shape index (κ1) is 32.0. The Kier molecular flexibility index (Phi) is 7.56. The van der Waals surface area contributed by atoms with Crippen molar-refractivity contribution >= 4 is 38.6 Å². The Hall–Kier alpha value is -6.70. The zero-order chi connectivity index (χ0) is 36.2. The Labute approximate surface area is 317 Å². The largest absolute Gasteiger partial charge is 0.311 e. The summed E-state index contributed by atoms with van der Waals surface area (Å²) in [5, 5.41) is 5.21. The van der Waals surface area contributed by atoms with Gasteiger partial charge < -0.3 is 4.90 Å². The van der Waals surface area contributed by atoms with E-state index in [1.807, 2.05) is 0 Å². The summed E-state index contributed by atoms with van der Waals surface area (Å²) in [7, 11) is 0. The minimum absolute atomic E-state index is 0.201. The SMILES string of the molecule is CC1(C)c2c(-c3ccc(-c4ccc(N(c5ccccc5)c5ccccc5)cc4)cc3)cccc2-c2c(-c3cccc4ccccc34)ccc3cccc1c23. The lowest BCUT2D eigenvalue weighted by Crippen LogP contribution is -2.25. The Balaban J connectivity index is 1.07. The number of para-hydroxylation sites is 2. The summed E-state index contributed by atoms with van der Waals surface area (Å²) in [6, 6.07) is 73.1. The highest BCUT2D eigenvalue weighted by molar-refractivity contribution is 6.13. The molecule has 1 aliphatic rings. The van der Waals surface area contributed by atoms with Gasteiger partial charge in [-0.1, -0.05) is 178 Å². The molecule has 1 heteroatoms. The Morgan fingerprint density at radius 3 is 1.59 bits per heavy atom. The van der Waals surface area contributed by atoms with Crippen LogP contribution in [0.3, 0.4) is 0 Å². The van der Waals surface area contributed by atoms with Gasteiger partial charge in [-0.2, -0.15) is 0 Å². The summed E-state index contributed by atoms with van der Waals surface area (Å²) in [5.74, 6) is 0. The highest BCUT2D eigenvalue weighted by Crippen LogP contribution is 2.54. The highest BCUT2D eigenvalue weighted by atomic mass is 15.1. The number of fused-ring (bicyclic) bond motifs is 3. The fraction of sp³-hybridized carbons (Fsp3) is 0.0566. The van der Waals surface area contributed by atoms with Crippen LogP contribution < -0.4 is 4.90 Å². The van der Waals surface area contributed by atoms with Gasteiger partial charge in [0.2, 0.25) is 0 Å². The molecule has 0 spiro atoms. The predicted molar refractivity (Wildman–Crippen MR) is 230 cm³/mol. The molecule has 0 saturated carbocycles. The fourth-order valence-corrected chi connectivity index (χ4v) is 8.92. The standard InChI is InChI=1S/C53H39N/c1-53(2)49-25-12-16-40-32-35-47(46-23-11-15-38-14-9-10-21-44(38)46)51(50(40)49)48-24-13-22-45(52(48)53)39-28-26-36(27-29-39)37-30-33-43(34-31-37)54(41-17-5-3-6-18-41)42-19-7-4-8-20-42/h3-35H,1-2H3. The van der Waals surface area contributed by atoms with Crippen molar-refractivity contribution in [3.8, 4) is 44.5 Å². The van der Waals surface area contributed by atoms with E-state index in [1.165, 1.54) is 77.2 Å². The molecule has 0 aromatic heterocycles. The molecule has 0 fully saturated rings. The molecule has 0 radical (unpaired) electrons. The van der Waals surface area contributed by atoms with Crippen molar-refractivity contribution in [1.82, 2.24) is 0 Å². The van der Waals surface area contributed by atoms with Crippen LogP contribution >= 0.6 is 0 Å². The number of hydrogen-bond acceptors (Lipinski definition) is 1. The smallest absolute Gasteiger partial charge is 0.0462 e. The van der Waals surface area contributed by atoms with Crippen LogP contribution in [0, 0.1) is 0 Å². The van der Waals surface area contributed by atoms with Gasteiger partial charge in [-0.3, -0.25) is 0 Å². The quantitative estimate of drug-likeness (QED) is 0.168. The van der Waals surface area contributed by atoms with Crippen molar-refractivity contribution in [2.45, 2.75) is 19.3 Å². The van der Waals surface area contributed by atoms with Gasteiger partial charge in [0, 0.05) is 22.5 Å². The van der Waals surface area contributed by atoms with E-state index in [1.54, 1.807) is 0 Å². The highest BCUT2D eigenvalue weighted by Gasteiger charge is 2.36. The molecule has 1 nitrogen and oxygen atoms in total. The maximum atomic E-state index is 2.40. The second-order valence-corrected chi connectivity index (χ2v) is 14.9. The van der Waals surface area contributed by atoms with E-state index in [0.717, 1.165) is 17.1 Å². The van der Waals surface area contributed by atoms with Crippen LogP contribution in [0.25, 0.3) is 66.1 Å². The topological polar surface area (TPSA) is 3.24 Å². The first-order chi connectivity index (χ1) is 26.6. The number of anilines is 3. The molecular weight excluding hydrogens is 651 g/mol. The van der Waals surface area contributed by atoms with Gasteiger partial charge in [-0.05, 0) is 114 Å². The maximum absolute atomic E-state index is 2.40.